The van der Waals surface area contributed by atoms with E-state index in [1.165, 1.54) is 0 Å². The maximum Gasteiger partial charge on any atom is 0.306 e. The summed E-state index contributed by atoms with van der Waals surface area (Å²) < 4.78 is 34.0. The lowest BCUT2D eigenvalue weighted by Crippen LogP contribution is -2.37. The first-order valence-corrected chi connectivity index (χ1v) is 29.3. The summed E-state index contributed by atoms with van der Waals surface area (Å²) in [6.07, 6.45) is 81.2. The molecule has 2 atom stereocenters. The molecule has 0 saturated carbocycles. The highest BCUT2D eigenvalue weighted by atomic mass is 31.2. The number of rotatable bonds is 48. The summed E-state index contributed by atoms with van der Waals surface area (Å²) in [5.74, 6) is -0.967. The zero-order valence-corrected chi connectivity index (χ0v) is 47.6. The van der Waals surface area contributed by atoms with Gasteiger partial charge < -0.3 is 27.9 Å². The number of nitrogens with zero attached hydrogens (tertiary/aromatic N) is 1. The first-order chi connectivity index (χ1) is 36.0. The molecule has 0 saturated heterocycles. The average molecular weight is 1040 g/mol. The lowest BCUT2D eigenvalue weighted by molar-refractivity contribution is -0.870. The standard InChI is InChI=1S/C64H100NO8P/c1-6-8-10-12-14-16-18-20-22-24-26-27-28-29-30-31-32-33-34-35-36-37-39-41-43-45-47-49-51-53-55-57-64(67)73-62(61-72-74(68,69)71-59-58-65(3,4)5)60-70-63(66)56-54-52-50-48-46-44-42-40-38-25-23-21-19-17-15-13-11-9-7-2/h8-11,14-17,20-23,26-27,29-30,32-33,35-36,38-41,44,46,50,52,62H,6-7,12-13,18-19,24-25,28,31,34,37,42-43,45,47-49,51,53-61H2,1-5H3/b10-8-,11-9-,16-14-,17-15-,22-20-,23-21-,27-26-,30-29-,33-32-,36-35-,40-38-,41-39-,46-44-,52-50-. The van der Waals surface area contributed by atoms with Crippen molar-refractivity contribution in [1.29, 1.82) is 0 Å². The molecule has 0 aromatic carbocycles. The van der Waals surface area contributed by atoms with Gasteiger partial charge in [-0.25, -0.2) is 0 Å². The second-order valence-electron chi connectivity index (χ2n) is 18.8. The topological polar surface area (TPSA) is 111 Å². The molecule has 0 aromatic heterocycles. The van der Waals surface area contributed by atoms with Crippen molar-refractivity contribution in [2.45, 2.75) is 174 Å². The van der Waals surface area contributed by atoms with Crippen LogP contribution in [0, 0.1) is 0 Å². The predicted octanol–water partition coefficient (Wildman–Crippen LogP) is 16.8. The van der Waals surface area contributed by atoms with Gasteiger partial charge in [0.15, 0.2) is 6.10 Å². The van der Waals surface area contributed by atoms with Crippen molar-refractivity contribution in [3.8, 4) is 0 Å². The number of likely N-dealkylation sites (N-methyl/N-ethyl adjacent to an activating group) is 1. The van der Waals surface area contributed by atoms with E-state index >= 15 is 0 Å². The van der Waals surface area contributed by atoms with Crippen molar-refractivity contribution < 1.29 is 42.1 Å². The van der Waals surface area contributed by atoms with E-state index in [1.54, 1.807) is 0 Å². The molecule has 0 fully saturated rings. The number of allylic oxidation sites excluding steroid dienone is 28. The molecule has 9 nitrogen and oxygen atoms in total. The number of phosphoric acid groups is 1. The number of quaternary nitrogens is 1. The third-order valence-electron chi connectivity index (χ3n) is 10.7. The summed E-state index contributed by atoms with van der Waals surface area (Å²) in [5, 5.41) is 0. The predicted molar refractivity (Wildman–Crippen MR) is 313 cm³/mol. The Morgan fingerprint density at radius 2 is 0.757 bits per heavy atom. The Morgan fingerprint density at radius 3 is 1.14 bits per heavy atom. The molecular weight excluding hydrogens is 942 g/mol. The molecule has 0 rings (SSSR count). The largest absolute Gasteiger partial charge is 0.756 e. The summed E-state index contributed by atoms with van der Waals surface area (Å²) in [5.41, 5.74) is 0. The van der Waals surface area contributed by atoms with Crippen molar-refractivity contribution in [2.24, 2.45) is 0 Å². The SMILES string of the molecule is CC/C=C\C/C=C\C/C=C\C/C=C\C/C=C\C/C=C\C/C=C\C/C=C\CCCCCCCCC(=O)OC(COC(=O)CC/C=C\C/C=C\C/C=C\C/C=C\C/C=C\C/C=C\CC)COP(=O)([O-])OCC[N+](C)(C)C. The molecule has 0 bridgehead atoms. The van der Waals surface area contributed by atoms with E-state index in [4.69, 9.17) is 18.5 Å². The maximum atomic E-state index is 12.8. The molecule has 0 spiro atoms. The van der Waals surface area contributed by atoms with Gasteiger partial charge in [0.05, 0.1) is 27.7 Å². The van der Waals surface area contributed by atoms with Crippen LogP contribution in [0.15, 0.2) is 170 Å². The number of carbonyl (C=O) groups excluding carboxylic acids is 2. The highest BCUT2D eigenvalue weighted by molar-refractivity contribution is 7.45. The molecule has 0 aliphatic rings. The van der Waals surface area contributed by atoms with Gasteiger partial charge in [0, 0.05) is 12.8 Å². The molecule has 414 valence electrons. The summed E-state index contributed by atoms with van der Waals surface area (Å²) >= 11 is 0. The lowest BCUT2D eigenvalue weighted by Gasteiger charge is -2.28. The average Bonchev–Trinajstić information content (AvgIpc) is 3.36. The van der Waals surface area contributed by atoms with Crippen molar-refractivity contribution in [2.75, 3.05) is 47.5 Å². The number of phosphoric ester groups is 1. The van der Waals surface area contributed by atoms with Crippen molar-refractivity contribution >= 4 is 19.8 Å². The minimum atomic E-state index is -4.67. The third kappa shape index (κ3) is 56.7. The number of hydrogen-bond donors (Lipinski definition) is 0. The Morgan fingerprint density at radius 1 is 0.419 bits per heavy atom. The second kappa shape index (κ2) is 53.2. The second-order valence-corrected chi connectivity index (χ2v) is 20.2. The van der Waals surface area contributed by atoms with Gasteiger partial charge in [0.1, 0.15) is 19.8 Å². The summed E-state index contributed by atoms with van der Waals surface area (Å²) in [6.45, 7) is 3.86. The maximum absolute atomic E-state index is 12.8. The van der Waals surface area contributed by atoms with Crippen LogP contribution in [0.3, 0.4) is 0 Å². The smallest absolute Gasteiger partial charge is 0.306 e. The van der Waals surface area contributed by atoms with Crippen molar-refractivity contribution in [3.63, 3.8) is 0 Å². The molecular formula is C64H100NO8P. The van der Waals surface area contributed by atoms with Crippen LogP contribution in [-0.4, -0.2) is 70.0 Å². The minimum Gasteiger partial charge on any atom is -0.756 e. The van der Waals surface area contributed by atoms with Gasteiger partial charge in [-0.2, -0.15) is 0 Å². The highest BCUT2D eigenvalue weighted by Gasteiger charge is 2.21. The fourth-order valence-corrected chi connectivity index (χ4v) is 7.25. The van der Waals surface area contributed by atoms with E-state index in [-0.39, 0.29) is 26.1 Å². The van der Waals surface area contributed by atoms with E-state index in [1.807, 2.05) is 33.3 Å². The zero-order chi connectivity index (χ0) is 54.2. The molecule has 0 aliphatic carbocycles. The van der Waals surface area contributed by atoms with Gasteiger partial charge in [0.2, 0.25) is 0 Å². The van der Waals surface area contributed by atoms with Gasteiger partial charge in [-0.15, -0.1) is 0 Å². The van der Waals surface area contributed by atoms with Crippen LogP contribution in [0.25, 0.3) is 0 Å². The summed E-state index contributed by atoms with van der Waals surface area (Å²) in [6, 6.07) is 0. The number of unbranched alkanes of at least 4 members (excludes halogenated alkanes) is 6. The Bertz CT molecular complexity index is 1850. The summed E-state index contributed by atoms with van der Waals surface area (Å²) in [4.78, 5) is 37.8. The van der Waals surface area contributed by atoms with Crippen molar-refractivity contribution in [3.05, 3.63) is 170 Å². The van der Waals surface area contributed by atoms with Crippen LogP contribution in [0.1, 0.15) is 168 Å². The molecule has 0 N–H and O–H groups in total. The Kier molecular flexibility index (Phi) is 49.9. The molecule has 2 unspecified atom stereocenters. The van der Waals surface area contributed by atoms with E-state index in [0.29, 0.717) is 23.9 Å². The molecule has 74 heavy (non-hydrogen) atoms. The van der Waals surface area contributed by atoms with Crippen LogP contribution < -0.4 is 4.89 Å². The zero-order valence-electron chi connectivity index (χ0n) is 46.7. The number of carbonyl (C=O) groups is 2. The first-order valence-electron chi connectivity index (χ1n) is 27.8. The quantitative estimate of drug-likeness (QED) is 0.0195. The van der Waals surface area contributed by atoms with Crippen LogP contribution in [0.4, 0.5) is 0 Å². The Balaban J connectivity index is 4.36. The third-order valence-corrected chi connectivity index (χ3v) is 11.7. The number of ether oxygens (including phenoxy) is 2. The van der Waals surface area contributed by atoms with Gasteiger partial charge in [-0.05, 0) is 116 Å². The monoisotopic (exact) mass is 1040 g/mol. The summed E-state index contributed by atoms with van der Waals surface area (Å²) in [7, 11) is 1.08. The van der Waals surface area contributed by atoms with Crippen molar-refractivity contribution in [1.82, 2.24) is 0 Å². The molecule has 0 aliphatic heterocycles. The molecule has 0 aromatic rings. The van der Waals surface area contributed by atoms with Crippen LogP contribution in [0.2, 0.25) is 0 Å². The normalized spacial score (nSPS) is 14.6. The van der Waals surface area contributed by atoms with Crippen LogP contribution >= 0.6 is 7.82 Å². The van der Waals surface area contributed by atoms with E-state index < -0.39 is 32.5 Å². The molecule has 0 heterocycles. The van der Waals surface area contributed by atoms with Gasteiger partial charge >= 0.3 is 11.9 Å². The lowest BCUT2D eigenvalue weighted by atomic mass is 10.1. The van der Waals surface area contributed by atoms with Gasteiger partial charge in [0.25, 0.3) is 7.82 Å². The van der Waals surface area contributed by atoms with Crippen LogP contribution in [-0.2, 0) is 32.7 Å². The fraction of sp³-hybridized carbons (Fsp3) is 0.531. The van der Waals surface area contributed by atoms with Gasteiger partial charge in [-0.3, -0.25) is 14.2 Å². The Labute approximate surface area is 451 Å². The first kappa shape index (κ1) is 69.4. The molecule has 10 heteroatoms. The molecule has 0 radical (unpaired) electrons. The fourth-order valence-electron chi connectivity index (χ4n) is 6.52. The number of hydrogen-bond acceptors (Lipinski definition) is 8. The van der Waals surface area contributed by atoms with E-state index in [2.05, 4.69) is 172 Å². The van der Waals surface area contributed by atoms with Gasteiger partial charge in [-0.1, -0.05) is 210 Å². The highest BCUT2D eigenvalue weighted by Crippen LogP contribution is 2.38. The number of esters is 2. The van der Waals surface area contributed by atoms with E-state index in [9.17, 15) is 19.0 Å². The molecule has 0 amide bonds. The van der Waals surface area contributed by atoms with Crippen LogP contribution in [0.5, 0.6) is 0 Å². The minimum absolute atomic E-state index is 0.0561. The van der Waals surface area contributed by atoms with E-state index in [0.717, 1.165) is 128 Å². The Hall–Kier alpha value is -4.63.